The summed E-state index contributed by atoms with van der Waals surface area (Å²) in [4.78, 5) is 24.0. The van der Waals surface area contributed by atoms with Crippen molar-refractivity contribution in [1.29, 1.82) is 0 Å². The van der Waals surface area contributed by atoms with Crippen LogP contribution < -0.4 is 26.0 Å². The molecule has 0 unspecified atom stereocenters. The molecule has 0 radical (unpaired) electrons. The van der Waals surface area contributed by atoms with Crippen molar-refractivity contribution < 1.29 is 19.4 Å². The van der Waals surface area contributed by atoms with Gasteiger partial charge in [0.15, 0.2) is 11.5 Å². The molecular formula is C20H22N2O5. The highest BCUT2D eigenvalue weighted by Gasteiger charge is 2.28. The van der Waals surface area contributed by atoms with E-state index in [1.165, 1.54) is 33.3 Å². The minimum Gasteiger partial charge on any atom is -0.502 e. The highest BCUT2D eigenvalue weighted by atomic mass is 16.5. The van der Waals surface area contributed by atoms with Crippen LogP contribution in [0.2, 0.25) is 0 Å². The average molecular weight is 370 g/mol. The molecule has 0 aliphatic heterocycles. The summed E-state index contributed by atoms with van der Waals surface area (Å²) in [5.74, 6) is 0.237. The molecule has 27 heavy (non-hydrogen) atoms. The van der Waals surface area contributed by atoms with Gasteiger partial charge in [0.05, 0.1) is 25.9 Å². The second kappa shape index (κ2) is 7.19. The molecular weight excluding hydrogens is 348 g/mol. The molecule has 0 heterocycles. The molecule has 0 fully saturated rings. The Morgan fingerprint density at radius 1 is 1.26 bits per heavy atom. The number of fused-ring (bicyclic) bond motifs is 3. The van der Waals surface area contributed by atoms with E-state index >= 15 is 0 Å². The lowest BCUT2D eigenvalue weighted by atomic mass is 9.95. The van der Waals surface area contributed by atoms with Crippen molar-refractivity contribution in [1.82, 2.24) is 5.32 Å². The number of phenolic OH excluding ortho intramolecular Hbond substituents is 1. The van der Waals surface area contributed by atoms with Gasteiger partial charge in [-0.2, -0.15) is 0 Å². The number of anilines is 1. The summed E-state index contributed by atoms with van der Waals surface area (Å²) in [6, 6.07) is 6.08. The van der Waals surface area contributed by atoms with E-state index < -0.39 is 0 Å². The number of nitrogens with two attached hydrogens (primary N) is 1. The van der Waals surface area contributed by atoms with Gasteiger partial charge in [0, 0.05) is 12.5 Å². The van der Waals surface area contributed by atoms with Crippen LogP contribution in [0.1, 0.15) is 30.5 Å². The minimum atomic E-state index is -0.373. The number of phenols is 1. The lowest BCUT2D eigenvalue weighted by molar-refractivity contribution is -0.119. The second-order valence-corrected chi connectivity index (χ2v) is 6.45. The van der Waals surface area contributed by atoms with Crippen LogP contribution in [0.4, 0.5) is 5.69 Å². The fourth-order valence-electron chi connectivity index (χ4n) is 3.54. The molecule has 0 aromatic heterocycles. The van der Waals surface area contributed by atoms with Crippen molar-refractivity contribution in [3.05, 3.63) is 45.6 Å². The van der Waals surface area contributed by atoms with Crippen molar-refractivity contribution in [3.63, 3.8) is 0 Å². The van der Waals surface area contributed by atoms with E-state index in [0.29, 0.717) is 35.3 Å². The van der Waals surface area contributed by atoms with E-state index in [1.807, 2.05) is 0 Å². The van der Waals surface area contributed by atoms with E-state index in [0.717, 1.165) is 5.56 Å². The summed E-state index contributed by atoms with van der Waals surface area (Å²) >= 11 is 0. The standard InChI is InChI=1S/C20H22N2O5/c1-10(23)22-15-7-4-11-8-17(26-2)19(25)20(27-3)18(11)12-5-6-14(21)16(24)9-13(12)15/h5-6,8-9,15,25H,4,7H2,1-3H3,(H2,21,24)(H,22,23)/t15-/m0/s1. The normalized spacial score (nSPS) is 15.1. The first-order valence-electron chi connectivity index (χ1n) is 8.55. The number of methoxy groups -OCH3 is 2. The number of hydrogen-bond donors (Lipinski definition) is 3. The van der Waals surface area contributed by atoms with Crippen LogP contribution in [-0.2, 0) is 11.2 Å². The number of carbonyl (C=O) groups is 1. The Kier molecular flexibility index (Phi) is 4.94. The van der Waals surface area contributed by atoms with E-state index in [9.17, 15) is 14.7 Å². The van der Waals surface area contributed by atoms with E-state index in [4.69, 9.17) is 15.2 Å². The zero-order valence-corrected chi connectivity index (χ0v) is 15.5. The SMILES string of the molecule is COc1cc2c(c(OC)c1O)-c1ccc(N)c(=O)cc1[C@@H](NC(C)=O)CC2. The number of ether oxygens (including phenoxy) is 2. The van der Waals surface area contributed by atoms with Crippen LogP contribution in [0, 0.1) is 0 Å². The van der Waals surface area contributed by atoms with Crippen LogP contribution in [0.3, 0.4) is 0 Å². The Morgan fingerprint density at radius 2 is 2.00 bits per heavy atom. The molecule has 4 N–H and O–H groups in total. The van der Waals surface area contributed by atoms with Crippen molar-refractivity contribution >= 4 is 11.6 Å². The van der Waals surface area contributed by atoms with Gasteiger partial charge in [-0.25, -0.2) is 0 Å². The molecule has 3 rings (SSSR count). The molecule has 1 amide bonds. The molecule has 1 aliphatic carbocycles. The Morgan fingerprint density at radius 3 is 2.63 bits per heavy atom. The molecule has 142 valence electrons. The van der Waals surface area contributed by atoms with Gasteiger partial charge >= 0.3 is 0 Å². The molecule has 0 saturated heterocycles. The third-order valence-electron chi connectivity index (χ3n) is 4.76. The van der Waals surface area contributed by atoms with Crippen LogP contribution in [0.25, 0.3) is 11.1 Å². The van der Waals surface area contributed by atoms with E-state index in [2.05, 4.69) is 5.32 Å². The summed E-state index contributed by atoms with van der Waals surface area (Å²) < 4.78 is 10.7. The number of rotatable bonds is 3. The van der Waals surface area contributed by atoms with E-state index in [1.54, 1.807) is 12.1 Å². The maximum Gasteiger partial charge on any atom is 0.217 e. The number of aryl methyl sites for hydroxylation is 1. The van der Waals surface area contributed by atoms with Gasteiger partial charge in [-0.15, -0.1) is 0 Å². The monoisotopic (exact) mass is 370 g/mol. The van der Waals surface area contributed by atoms with Crippen molar-refractivity contribution in [3.8, 4) is 28.4 Å². The summed E-state index contributed by atoms with van der Waals surface area (Å²) in [5, 5.41) is 13.4. The smallest absolute Gasteiger partial charge is 0.217 e. The largest absolute Gasteiger partial charge is 0.502 e. The first-order chi connectivity index (χ1) is 12.9. The summed E-state index contributed by atoms with van der Waals surface area (Å²) in [7, 11) is 2.93. The molecule has 2 aromatic carbocycles. The van der Waals surface area contributed by atoms with Gasteiger partial charge in [-0.1, -0.05) is 6.07 Å². The topological polar surface area (TPSA) is 111 Å². The maximum absolute atomic E-state index is 12.3. The minimum absolute atomic E-state index is 0.0999. The predicted octanol–water partition coefficient (Wildman–Crippen LogP) is 2.14. The Labute approximate surface area is 156 Å². The zero-order valence-electron chi connectivity index (χ0n) is 15.5. The third-order valence-corrected chi connectivity index (χ3v) is 4.76. The number of benzene rings is 1. The number of nitrogens with one attached hydrogen (secondary N) is 1. The van der Waals surface area contributed by atoms with Gasteiger partial charge in [0.25, 0.3) is 0 Å². The Bertz CT molecular complexity index is 971. The highest BCUT2D eigenvalue weighted by Crippen LogP contribution is 2.49. The number of nitrogen functional groups attached to an aromatic ring is 1. The Balaban J connectivity index is 2.40. The molecule has 7 heteroatoms. The van der Waals surface area contributed by atoms with Gasteiger partial charge in [0.1, 0.15) is 0 Å². The zero-order chi connectivity index (χ0) is 19.7. The summed E-state index contributed by atoms with van der Waals surface area (Å²) in [6.45, 7) is 1.43. The van der Waals surface area contributed by atoms with Crippen molar-refractivity contribution in [2.45, 2.75) is 25.8 Å². The summed E-state index contributed by atoms with van der Waals surface area (Å²) in [5.41, 5.74) is 8.44. The van der Waals surface area contributed by atoms with Crippen LogP contribution >= 0.6 is 0 Å². The molecule has 0 saturated carbocycles. The predicted molar refractivity (Wildman–Crippen MR) is 102 cm³/mol. The number of carbonyl (C=O) groups excluding carboxylic acids is 1. The van der Waals surface area contributed by atoms with Gasteiger partial charge in [-0.05, 0) is 47.7 Å². The van der Waals surface area contributed by atoms with Gasteiger partial charge in [-0.3, -0.25) is 9.59 Å². The van der Waals surface area contributed by atoms with Crippen LogP contribution in [0.5, 0.6) is 17.2 Å². The first kappa shape index (κ1) is 18.6. The first-order valence-corrected chi connectivity index (χ1v) is 8.55. The quantitative estimate of drug-likeness (QED) is 0.763. The second-order valence-electron chi connectivity index (χ2n) is 6.45. The molecule has 0 bridgehead atoms. The molecule has 2 aromatic rings. The van der Waals surface area contributed by atoms with Gasteiger partial charge in [0.2, 0.25) is 17.1 Å². The average Bonchev–Trinajstić information content (AvgIpc) is 2.85. The van der Waals surface area contributed by atoms with Crippen LogP contribution in [-0.4, -0.2) is 25.2 Å². The number of hydrogen-bond acceptors (Lipinski definition) is 6. The number of aromatic hydroxyl groups is 1. The van der Waals surface area contributed by atoms with Crippen molar-refractivity contribution in [2.24, 2.45) is 0 Å². The lowest BCUT2D eigenvalue weighted by Crippen LogP contribution is -2.26. The van der Waals surface area contributed by atoms with E-state index in [-0.39, 0.29) is 34.6 Å². The molecule has 1 aliphatic rings. The summed E-state index contributed by atoms with van der Waals surface area (Å²) in [6.07, 6.45) is 1.16. The highest BCUT2D eigenvalue weighted by molar-refractivity contribution is 5.83. The van der Waals surface area contributed by atoms with Crippen molar-refractivity contribution in [2.75, 3.05) is 20.0 Å². The maximum atomic E-state index is 12.3. The van der Waals surface area contributed by atoms with Crippen LogP contribution in [0.15, 0.2) is 29.1 Å². The number of amides is 1. The fourth-order valence-corrected chi connectivity index (χ4v) is 3.54. The molecule has 0 spiro atoms. The Hall–Kier alpha value is -3.22. The fraction of sp³-hybridized carbons (Fsp3) is 0.300. The molecule has 7 nitrogen and oxygen atoms in total. The molecule has 1 atom stereocenters. The van der Waals surface area contributed by atoms with Gasteiger partial charge < -0.3 is 25.6 Å². The lowest BCUT2D eigenvalue weighted by Gasteiger charge is -2.18. The third kappa shape index (κ3) is 3.28.